The molecule has 0 aliphatic rings. The monoisotopic (exact) mass is 325 g/mol. The van der Waals surface area contributed by atoms with E-state index in [1.54, 1.807) is 37.6 Å². The Morgan fingerprint density at radius 3 is 2.46 bits per heavy atom. The van der Waals surface area contributed by atoms with Gasteiger partial charge in [-0.2, -0.15) is 0 Å². The van der Waals surface area contributed by atoms with Gasteiger partial charge in [0.1, 0.15) is 0 Å². The van der Waals surface area contributed by atoms with E-state index in [4.69, 9.17) is 0 Å². The number of anilines is 2. The van der Waals surface area contributed by atoms with Crippen LogP contribution in [-0.4, -0.2) is 23.8 Å². The van der Waals surface area contributed by atoms with Crippen LogP contribution in [0.2, 0.25) is 0 Å². The molecule has 1 aromatic carbocycles. The molecular formula is C19H23N3O2. The molecule has 0 atom stereocenters. The molecule has 1 N–H and O–H groups in total. The lowest BCUT2D eigenvalue weighted by molar-refractivity contribution is -0.123. The van der Waals surface area contributed by atoms with Crippen molar-refractivity contribution in [1.82, 2.24) is 4.98 Å². The molecular weight excluding hydrogens is 302 g/mol. The minimum absolute atomic E-state index is 0.0872. The molecule has 126 valence electrons. The predicted octanol–water partition coefficient (Wildman–Crippen LogP) is 3.65. The third-order valence-electron chi connectivity index (χ3n) is 3.75. The number of carbonyl (C=O) groups is 2. The molecule has 0 bridgehead atoms. The van der Waals surface area contributed by atoms with Crippen molar-refractivity contribution in [3.8, 4) is 0 Å². The summed E-state index contributed by atoms with van der Waals surface area (Å²) >= 11 is 0. The average molecular weight is 325 g/mol. The lowest BCUT2D eigenvalue weighted by Crippen LogP contribution is -2.29. The molecule has 24 heavy (non-hydrogen) atoms. The normalized spacial score (nSPS) is 11.0. The van der Waals surface area contributed by atoms with Crippen LogP contribution >= 0.6 is 0 Å². The smallest absolute Gasteiger partial charge is 0.258 e. The van der Waals surface area contributed by atoms with Crippen molar-refractivity contribution in [1.29, 1.82) is 0 Å². The van der Waals surface area contributed by atoms with Crippen molar-refractivity contribution >= 4 is 23.2 Å². The van der Waals surface area contributed by atoms with Crippen LogP contribution in [0.3, 0.4) is 0 Å². The highest BCUT2D eigenvalue weighted by Gasteiger charge is 2.22. The molecule has 1 heterocycles. The zero-order chi connectivity index (χ0) is 17.9. The maximum atomic E-state index is 12.7. The second kappa shape index (κ2) is 6.83. The van der Waals surface area contributed by atoms with E-state index in [0.29, 0.717) is 16.9 Å². The van der Waals surface area contributed by atoms with Crippen molar-refractivity contribution in [2.24, 2.45) is 5.41 Å². The van der Waals surface area contributed by atoms with Gasteiger partial charge in [-0.15, -0.1) is 0 Å². The Kier molecular flexibility index (Phi) is 5.02. The van der Waals surface area contributed by atoms with Crippen LogP contribution in [0.4, 0.5) is 11.4 Å². The first-order chi connectivity index (χ1) is 11.2. The molecule has 2 aromatic rings. The Morgan fingerprint density at radius 1 is 1.17 bits per heavy atom. The zero-order valence-corrected chi connectivity index (χ0v) is 14.8. The van der Waals surface area contributed by atoms with E-state index >= 15 is 0 Å². The Morgan fingerprint density at radius 2 is 1.88 bits per heavy atom. The van der Waals surface area contributed by atoms with E-state index in [2.05, 4.69) is 10.3 Å². The summed E-state index contributed by atoms with van der Waals surface area (Å²) in [6.45, 7) is 7.45. The first-order valence-electron chi connectivity index (χ1n) is 7.80. The zero-order valence-electron chi connectivity index (χ0n) is 14.8. The standard InChI is InChI=1S/C19H23N3O2/c1-13-8-9-14(11-16(13)21-18(24)19(2,3)4)17(23)22(5)15-7-6-10-20-12-15/h6-12H,1-5H3,(H,21,24). The van der Waals surface area contributed by atoms with E-state index in [9.17, 15) is 9.59 Å². The van der Waals surface area contributed by atoms with Crippen molar-refractivity contribution in [2.45, 2.75) is 27.7 Å². The van der Waals surface area contributed by atoms with E-state index in [1.165, 1.54) is 4.90 Å². The van der Waals surface area contributed by atoms with Crippen molar-refractivity contribution in [3.05, 3.63) is 53.9 Å². The summed E-state index contributed by atoms with van der Waals surface area (Å²) in [6, 6.07) is 8.92. The summed E-state index contributed by atoms with van der Waals surface area (Å²) in [5.41, 5.74) is 2.28. The molecule has 0 saturated heterocycles. The van der Waals surface area contributed by atoms with E-state index < -0.39 is 5.41 Å². The molecule has 0 spiro atoms. The number of amides is 2. The van der Waals surface area contributed by atoms with Crippen molar-refractivity contribution in [2.75, 3.05) is 17.3 Å². The number of carbonyl (C=O) groups excluding carboxylic acids is 2. The van der Waals surface area contributed by atoms with Crippen LogP contribution in [-0.2, 0) is 4.79 Å². The van der Waals surface area contributed by atoms with Crippen LogP contribution in [0.5, 0.6) is 0 Å². The highest BCUT2D eigenvalue weighted by atomic mass is 16.2. The molecule has 5 heteroatoms. The fraction of sp³-hybridized carbons (Fsp3) is 0.316. The fourth-order valence-corrected chi connectivity index (χ4v) is 2.06. The molecule has 1 aromatic heterocycles. The van der Waals surface area contributed by atoms with Crippen LogP contribution < -0.4 is 10.2 Å². The summed E-state index contributed by atoms with van der Waals surface area (Å²) in [4.78, 5) is 30.4. The van der Waals surface area contributed by atoms with Crippen LogP contribution in [0.1, 0.15) is 36.7 Å². The highest BCUT2D eigenvalue weighted by molar-refractivity contribution is 6.07. The Hall–Kier alpha value is -2.69. The molecule has 2 rings (SSSR count). The van der Waals surface area contributed by atoms with Gasteiger partial charge in [-0.05, 0) is 36.8 Å². The molecule has 0 aliphatic carbocycles. The summed E-state index contributed by atoms with van der Waals surface area (Å²) in [5.74, 6) is -0.245. The van der Waals surface area contributed by atoms with Gasteiger partial charge in [-0.1, -0.05) is 26.8 Å². The number of nitrogens with zero attached hydrogens (tertiary/aromatic N) is 2. The second-order valence-corrected chi connectivity index (χ2v) is 6.81. The third kappa shape index (κ3) is 3.98. The number of hydrogen-bond donors (Lipinski definition) is 1. The predicted molar refractivity (Wildman–Crippen MR) is 96.2 cm³/mol. The Balaban J connectivity index is 2.27. The van der Waals surface area contributed by atoms with E-state index in [-0.39, 0.29) is 11.8 Å². The number of nitrogens with one attached hydrogen (secondary N) is 1. The quantitative estimate of drug-likeness (QED) is 0.937. The SMILES string of the molecule is Cc1ccc(C(=O)N(C)c2cccnc2)cc1NC(=O)C(C)(C)C. The lowest BCUT2D eigenvalue weighted by atomic mass is 9.95. The molecule has 0 radical (unpaired) electrons. The Labute approximate surface area is 142 Å². The number of aryl methyl sites for hydroxylation is 1. The van der Waals surface area contributed by atoms with Gasteiger partial charge in [0.2, 0.25) is 5.91 Å². The van der Waals surface area contributed by atoms with Crippen LogP contribution in [0.15, 0.2) is 42.7 Å². The van der Waals surface area contributed by atoms with Crippen LogP contribution in [0.25, 0.3) is 0 Å². The van der Waals surface area contributed by atoms with Crippen molar-refractivity contribution < 1.29 is 9.59 Å². The molecule has 0 fully saturated rings. The number of rotatable bonds is 3. The minimum atomic E-state index is -0.501. The maximum Gasteiger partial charge on any atom is 0.258 e. The fourth-order valence-electron chi connectivity index (χ4n) is 2.06. The minimum Gasteiger partial charge on any atom is -0.325 e. The van der Waals surface area contributed by atoms with Gasteiger partial charge in [0.05, 0.1) is 11.9 Å². The van der Waals surface area contributed by atoms with Gasteiger partial charge in [-0.25, -0.2) is 0 Å². The van der Waals surface area contributed by atoms with Gasteiger partial charge < -0.3 is 10.2 Å². The van der Waals surface area contributed by atoms with Crippen molar-refractivity contribution in [3.63, 3.8) is 0 Å². The summed E-state index contributed by atoms with van der Waals surface area (Å²) in [5, 5.41) is 2.90. The van der Waals surface area contributed by atoms with Gasteiger partial charge in [0.15, 0.2) is 0 Å². The molecule has 0 unspecified atom stereocenters. The van der Waals surface area contributed by atoms with Gasteiger partial charge in [0.25, 0.3) is 5.91 Å². The first-order valence-corrected chi connectivity index (χ1v) is 7.80. The highest BCUT2D eigenvalue weighted by Crippen LogP contribution is 2.23. The topological polar surface area (TPSA) is 62.3 Å². The second-order valence-electron chi connectivity index (χ2n) is 6.81. The van der Waals surface area contributed by atoms with Crippen LogP contribution in [0, 0.1) is 12.3 Å². The molecule has 2 amide bonds. The summed E-state index contributed by atoms with van der Waals surface area (Å²) in [7, 11) is 1.70. The molecule has 5 nitrogen and oxygen atoms in total. The van der Waals surface area contributed by atoms with Gasteiger partial charge in [0, 0.05) is 29.9 Å². The van der Waals surface area contributed by atoms with Gasteiger partial charge >= 0.3 is 0 Å². The third-order valence-corrected chi connectivity index (χ3v) is 3.75. The van der Waals surface area contributed by atoms with Gasteiger partial charge in [-0.3, -0.25) is 14.6 Å². The molecule has 0 saturated carbocycles. The number of pyridine rings is 1. The summed E-state index contributed by atoms with van der Waals surface area (Å²) in [6.07, 6.45) is 3.29. The summed E-state index contributed by atoms with van der Waals surface area (Å²) < 4.78 is 0. The van der Waals surface area contributed by atoms with E-state index in [1.807, 2.05) is 39.8 Å². The average Bonchev–Trinajstić information content (AvgIpc) is 2.55. The molecule has 0 aliphatic heterocycles. The first kappa shape index (κ1) is 17.7. The lowest BCUT2D eigenvalue weighted by Gasteiger charge is -2.20. The number of aromatic nitrogens is 1. The number of benzene rings is 1. The maximum absolute atomic E-state index is 12.7. The number of hydrogen-bond acceptors (Lipinski definition) is 3. The largest absolute Gasteiger partial charge is 0.325 e. The van der Waals surface area contributed by atoms with E-state index in [0.717, 1.165) is 5.56 Å². The Bertz CT molecular complexity index is 749.